The van der Waals surface area contributed by atoms with Crippen LogP contribution in [0, 0.1) is 0 Å². The fraction of sp³-hybridized carbons (Fsp3) is 0.476. The Morgan fingerprint density at radius 1 is 1.17 bits per heavy atom. The predicted molar refractivity (Wildman–Crippen MR) is 116 cm³/mol. The van der Waals surface area contributed by atoms with E-state index in [4.69, 9.17) is 0 Å². The number of likely N-dealkylation sites (N-methyl/N-ethyl adjacent to an activating group) is 1. The summed E-state index contributed by atoms with van der Waals surface area (Å²) in [4.78, 5) is 27.2. The van der Waals surface area contributed by atoms with Crippen molar-refractivity contribution in [2.24, 2.45) is 0 Å². The van der Waals surface area contributed by atoms with E-state index in [-0.39, 0.29) is 24.2 Å². The first-order valence-corrected chi connectivity index (χ1v) is 9.98. The third kappa shape index (κ3) is 5.16. The van der Waals surface area contributed by atoms with E-state index in [2.05, 4.69) is 15.7 Å². The number of nitrogens with zero attached hydrogens (tertiary/aromatic N) is 3. The Balaban J connectivity index is 0.00000300. The Kier molecular flexibility index (Phi) is 8.22. The number of amides is 2. The summed E-state index contributed by atoms with van der Waals surface area (Å²) in [6.07, 6.45) is 5.32. The van der Waals surface area contributed by atoms with Gasteiger partial charge in [0, 0.05) is 31.2 Å². The predicted octanol–water partition coefficient (Wildman–Crippen LogP) is 2.43. The van der Waals surface area contributed by atoms with Gasteiger partial charge in [-0.25, -0.2) is 0 Å². The lowest BCUT2D eigenvalue weighted by molar-refractivity contribution is -0.130. The maximum atomic E-state index is 13.2. The Labute approximate surface area is 178 Å². The summed E-state index contributed by atoms with van der Waals surface area (Å²) in [5.41, 5.74) is 0.999. The third-order valence-electron chi connectivity index (χ3n) is 5.48. The van der Waals surface area contributed by atoms with Crippen molar-refractivity contribution in [2.75, 3.05) is 31.5 Å². The molecule has 29 heavy (non-hydrogen) atoms. The largest absolute Gasteiger partial charge is 0.343 e. The van der Waals surface area contributed by atoms with Crippen LogP contribution in [0.2, 0.25) is 0 Å². The topological polar surface area (TPSA) is 79.3 Å². The van der Waals surface area contributed by atoms with Crippen LogP contribution < -0.4 is 10.6 Å². The van der Waals surface area contributed by atoms with Crippen molar-refractivity contribution in [3.8, 4) is 0 Å². The summed E-state index contributed by atoms with van der Waals surface area (Å²) >= 11 is 0. The van der Waals surface area contributed by atoms with Gasteiger partial charge < -0.3 is 15.5 Å². The molecule has 2 heterocycles. The minimum absolute atomic E-state index is 0. The Bertz CT molecular complexity index is 782. The molecule has 1 aromatic carbocycles. The number of nitrogens with one attached hydrogen (secondary N) is 2. The fourth-order valence-electron chi connectivity index (χ4n) is 3.74. The van der Waals surface area contributed by atoms with Crippen molar-refractivity contribution < 1.29 is 9.59 Å². The molecule has 1 aliphatic heterocycles. The molecule has 1 aliphatic rings. The lowest BCUT2D eigenvalue weighted by Gasteiger charge is -2.36. The number of halogens is 1. The molecule has 1 aromatic heterocycles. The maximum absolute atomic E-state index is 13.2. The molecule has 0 bridgehead atoms. The van der Waals surface area contributed by atoms with Crippen molar-refractivity contribution in [2.45, 2.75) is 38.6 Å². The van der Waals surface area contributed by atoms with Gasteiger partial charge in [0.25, 0.3) is 5.91 Å². The van der Waals surface area contributed by atoms with E-state index in [0.717, 1.165) is 24.3 Å². The Morgan fingerprint density at radius 3 is 2.38 bits per heavy atom. The van der Waals surface area contributed by atoms with Gasteiger partial charge in [-0.1, -0.05) is 12.1 Å². The summed E-state index contributed by atoms with van der Waals surface area (Å²) in [7, 11) is 0. The zero-order valence-corrected chi connectivity index (χ0v) is 17.9. The van der Waals surface area contributed by atoms with Gasteiger partial charge in [-0.3, -0.25) is 14.3 Å². The summed E-state index contributed by atoms with van der Waals surface area (Å²) in [5.74, 6) is 0.0683. The highest BCUT2D eigenvalue weighted by Crippen LogP contribution is 2.28. The van der Waals surface area contributed by atoms with E-state index in [1.165, 1.54) is 0 Å². The number of hydrogen-bond donors (Lipinski definition) is 2. The number of carbonyl (C=O) groups excluding carboxylic acids is 2. The highest BCUT2D eigenvalue weighted by Gasteiger charge is 2.42. The third-order valence-corrected chi connectivity index (χ3v) is 5.48. The summed E-state index contributed by atoms with van der Waals surface area (Å²) in [6, 6.07) is 9.38. The molecule has 0 unspecified atom stereocenters. The fourth-order valence-corrected chi connectivity index (χ4v) is 3.74. The number of hydrogen-bond acceptors (Lipinski definition) is 4. The lowest BCUT2D eigenvalue weighted by atomic mass is 9.87. The average Bonchev–Trinajstić information content (AvgIpc) is 3.26. The molecule has 0 saturated carbocycles. The standard InChI is InChI=1S/C21H29N5O2.ClH/c1-3-25(4-2)19(27)16-17-6-8-18(9-7-17)24-20(28)21(10-13-22-14-11-21)26-15-5-12-23-26;/h5-9,12,15,22H,3-4,10-11,13-14,16H2,1-2H3,(H,24,28);1H. The van der Waals surface area contributed by atoms with Crippen LogP contribution in [-0.4, -0.2) is 52.7 Å². The SMILES string of the molecule is CCN(CC)C(=O)Cc1ccc(NC(=O)C2(n3cccn3)CCNCC2)cc1.Cl. The zero-order valence-electron chi connectivity index (χ0n) is 17.1. The number of piperidine rings is 1. The highest BCUT2D eigenvalue weighted by molar-refractivity contribution is 5.96. The molecule has 1 saturated heterocycles. The van der Waals surface area contributed by atoms with E-state index in [9.17, 15) is 9.59 Å². The van der Waals surface area contributed by atoms with Crippen LogP contribution in [-0.2, 0) is 21.5 Å². The number of aromatic nitrogens is 2. The van der Waals surface area contributed by atoms with Gasteiger partial charge in [-0.05, 0) is 63.5 Å². The van der Waals surface area contributed by atoms with Crippen LogP contribution in [0.25, 0.3) is 0 Å². The first-order valence-electron chi connectivity index (χ1n) is 9.98. The van der Waals surface area contributed by atoms with Gasteiger partial charge in [-0.2, -0.15) is 5.10 Å². The molecule has 1 fully saturated rings. The summed E-state index contributed by atoms with van der Waals surface area (Å²) in [5, 5.41) is 10.7. The minimum Gasteiger partial charge on any atom is -0.343 e. The monoisotopic (exact) mass is 419 g/mol. The molecule has 7 nitrogen and oxygen atoms in total. The van der Waals surface area contributed by atoms with Crippen LogP contribution in [0.5, 0.6) is 0 Å². The number of anilines is 1. The van der Waals surface area contributed by atoms with E-state index in [0.29, 0.717) is 32.4 Å². The minimum atomic E-state index is -0.674. The Hall–Kier alpha value is -2.38. The average molecular weight is 420 g/mol. The molecular weight excluding hydrogens is 390 g/mol. The van der Waals surface area contributed by atoms with E-state index in [1.54, 1.807) is 10.9 Å². The first kappa shape index (κ1) is 22.9. The summed E-state index contributed by atoms with van der Waals surface area (Å²) < 4.78 is 1.78. The second kappa shape index (κ2) is 10.4. The molecule has 0 spiro atoms. The van der Waals surface area contributed by atoms with Crippen molar-refractivity contribution in [3.63, 3.8) is 0 Å². The van der Waals surface area contributed by atoms with E-state index in [1.807, 2.05) is 55.3 Å². The van der Waals surface area contributed by atoms with Crippen LogP contribution >= 0.6 is 12.4 Å². The van der Waals surface area contributed by atoms with Gasteiger partial charge in [0.05, 0.1) is 6.42 Å². The molecule has 0 atom stereocenters. The molecule has 2 N–H and O–H groups in total. The molecule has 2 aromatic rings. The second-order valence-electron chi connectivity index (χ2n) is 7.13. The van der Waals surface area contributed by atoms with Gasteiger partial charge in [0.1, 0.15) is 5.54 Å². The number of rotatable bonds is 7. The van der Waals surface area contributed by atoms with Gasteiger partial charge >= 0.3 is 0 Å². The van der Waals surface area contributed by atoms with Crippen LogP contribution in [0.1, 0.15) is 32.3 Å². The van der Waals surface area contributed by atoms with Crippen LogP contribution in [0.4, 0.5) is 5.69 Å². The first-order chi connectivity index (χ1) is 13.6. The molecule has 8 heteroatoms. The normalized spacial score (nSPS) is 15.2. The molecule has 0 radical (unpaired) electrons. The second-order valence-corrected chi connectivity index (χ2v) is 7.13. The van der Waals surface area contributed by atoms with Gasteiger partial charge in [0.15, 0.2) is 0 Å². The zero-order chi connectivity index (χ0) is 20.0. The lowest BCUT2D eigenvalue weighted by Crippen LogP contribution is -2.52. The van der Waals surface area contributed by atoms with E-state index >= 15 is 0 Å². The summed E-state index contributed by atoms with van der Waals surface area (Å²) in [6.45, 7) is 6.95. The quantitative estimate of drug-likeness (QED) is 0.722. The molecular formula is C21H30ClN5O2. The smallest absolute Gasteiger partial charge is 0.252 e. The molecule has 0 aliphatic carbocycles. The van der Waals surface area contributed by atoms with Crippen molar-refractivity contribution >= 4 is 29.9 Å². The molecule has 158 valence electrons. The van der Waals surface area contributed by atoms with Gasteiger partial charge in [0.2, 0.25) is 5.91 Å². The van der Waals surface area contributed by atoms with Crippen molar-refractivity contribution in [1.29, 1.82) is 0 Å². The number of carbonyl (C=O) groups is 2. The van der Waals surface area contributed by atoms with Crippen LogP contribution in [0.15, 0.2) is 42.7 Å². The van der Waals surface area contributed by atoms with Crippen LogP contribution in [0.3, 0.4) is 0 Å². The Morgan fingerprint density at radius 2 is 1.83 bits per heavy atom. The van der Waals surface area contributed by atoms with Crippen molar-refractivity contribution in [3.05, 3.63) is 48.3 Å². The number of benzene rings is 1. The highest BCUT2D eigenvalue weighted by atomic mass is 35.5. The van der Waals surface area contributed by atoms with E-state index < -0.39 is 5.54 Å². The van der Waals surface area contributed by atoms with Gasteiger partial charge in [-0.15, -0.1) is 12.4 Å². The van der Waals surface area contributed by atoms with Crippen molar-refractivity contribution in [1.82, 2.24) is 20.0 Å². The molecule has 2 amide bonds. The molecule has 3 rings (SSSR count). The maximum Gasteiger partial charge on any atom is 0.252 e.